The molecule has 5 rings (SSSR count). The highest BCUT2D eigenvalue weighted by Gasteiger charge is 2.36. The first-order chi connectivity index (χ1) is 16.1. The van der Waals surface area contributed by atoms with Crippen molar-refractivity contribution in [3.8, 4) is 5.75 Å². The second-order valence-electron chi connectivity index (χ2n) is 8.35. The lowest BCUT2D eigenvalue weighted by Crippen LogP contribution is -2.29. The van der Waals surface area contributed by atoms with Crippen LogP contribution in [0.1, 0.15) is 29.4 Å². The van der Waals surface area contributed by atoms with Gasteiger partial charge in [-0.3, -0.25) is 14.3 Å². The second-order valence-corrected chi connectivity index (χ2v) is 8.35. The van der Waals surface area contributed by atoms with Gasteiger partial charge in [0, 0.05) is 31.1 Å². The highest BCUT2D eigenvalue weighted by Crippen LogP contribution is 2.32. The molecule has 2 saturated heterocycles. The van der Waals surface area contributed by atoms with Gasteiger partial charge in [0.25, 0.3) is 0 Å². The summed E-state index contributed by atoms with van der Waals surface area (Å²) < 4.78 is 13.3. The van der Waals surface area contributed by atoms with Crippen molar-refractivity contribution in [2.75, 3.05) is 31.7 Å². The van der Waals surface area contributed by atoms with Crippen LogP contribution in [0.5, 0.6) is 5.75 Å². The van der Waals surface area contributed by atoms with Crippen molar-refractivity contribution in [1.29, 1.82) is 0 Å². The molecule has 2 aromatic heterocycles. The lowest BCUT2D eigenvalue weighted by molar-refractivity contribution is -0.0486. The quantitative estimate of drug-likeness (QED) is 0.420. The van der Waals surface area contributed by atoms with Gasteiger partial charge in [0.2, 0.25) is 0 Å². The van der Waals surface area contributed by atoms with Crippen molar-refractivity contribution in [3.05, 3.63) is 42.5 Å². The molecule has 3 N–H and O–H groups in total. The fraction of sp³-hybridized carbons (Fsp3) is 0.455. The highest BCUT2D eigenvalue weighted by molar-refractivity contribution is 5.82. The number of likely N-dealkylation sites (tertiary alicyclic amines) is 1. The lowest BCUT2D eigenvalue weighted by Gasteiger charge is -2.18. The van der Waals surface area contributed by atoms with Gasteiger partial charge in [0.1, 0.15) is 31.2 Å². The molecule has 0 saturated carbocycles. The molecule has 2 aliphatic heterocycles. The van der Waals surface area contributed by atoms with Crippen LogP contribution in [-0.4, -0.2) is 85.6 Å². The number of aliphatic hydroxyl groups excluding tert-OH is 2. The monoisotopic (exact) mass is 454 g/mol. The number of nitrogens with one attached hydrogen (secondary N) is 1. The van der Waals surface area contributed by atoms with Gasteiger partial charge >= 0.3 is 0 Å². The molecule has 2 aliphatic rings. The molecular weight excluding hydrogens is 428 g/mol. The van der Waals surface area contributed by atoms with Gasteiger partial charge in [-0.2, -0.15) is 0 Å². The molecule has 0 bridgehead atoms. The maximum absolute atomic E-state index is 10.8. The number of aldehydes is 1. The van der Waals surface area contributed by atoms with Crippen molar-refractivity contribution >= 4 is 23.3 Å². The maximum atomic E-state index is 10.8. The van der Waals surface area contributed by atoms with Crippen LogP contribution in [0.2, 0.25) is 0 Å². The molecule has 1 aromatic carbocycles. The first-order valence-electron chi connectivity index (χ1n) is 10.9. The molecule has 33 heavy (non-hydrogen) atoms. The first kappa shape index (κ1) is 21.7. The summed E-state index contributed by atoms with van der Waals surface area (Å²) in [4.78, 5) is 26.1. The molecule has 174 valence electrons. The van der Waals surface area contributed by atoms with Crippen LogP contribution in [0.15, 0.2) is 36.9 Å². The number of imidazole rings is 1. The zero-order chi connectivity index (χ0) is 22.8. The zero-order valence-corrected chi connectivity index (χ0v) is 17.9. The lowest BCUT2D eigenvalue weighted by atomic mass is 10.2. The number of hydrogen-bond donors (Lipinski definition) is 3. The molecule has 11 nitrogen and oxygen atoms in total. The number of benzene rings is 1. The minimum Gasteiger partial charge on any atom is -0.478 e. The summed E-state index contributed by atoms with van der Waals surface area (Å²) in [5.74, 6) is 1.35. The number of carbonyl (C=O) groups excluding carboxylic acids is 1. The molecule has 3 aromatic rings. The first-order valence-corrected chi connectivity index (χ1v) is 10.9. The minimum absolute atomic E-state index is 0.145. The molecule has 2 fully saturated rings. The Hall–Kier alpha value is -3.12. The fourth-order valence-electron chi connectivity index (χ4n) is 4.31. The van der Waals surface area contributed by atoms with Crippen molar-refractivity contribution < 1.29 is 24.5 Å². The Morgan fingerprint density at radius 2 is 2.09 bits per heavy atom. The van der Waals surface area contributed by atoms with E-state index in [1.54, 1.807) is 35.2 Å². The number of rotatable bonds is 8. The van der Waals surface area contributed by atoms with Crippen LogP contribution in [0.25, 0.3) is 11.2 Å². The van der Waals surface area contributed by atoms with Crippen molar-refractivity contribution in [2.45, 2.75) is 37.3 Å². The van der Waals surface area contributed by atoms with Gasteiger partial charge < -0.3 is 25.0 Å². The van der Waals surface area contributed by atoms with Crippen LogP contribution in [0.3, 0.4) is 0 Å². The summed E-state index contributed by atoms with van der Waals surface area (Å²) in [6, 6.07) is 7.21. The van der Waals surface area contributed by atoms with E-state index in [0.717, 1.165) is 31.5 Å². The Balaban J connectivity index is 1.22. The maximum Gasteiger partial charge on any atom is 0.167 e. The number of carbonyl (C=O) groups is 1. The molecule has 0 amide bonds. The molecule has 4 atom stereocenters. The predicted octanol–water partition coefficient (Wildman–Crippen LogP) is 0.802. The van der Waals surface area contributed by atoms with E-state index >= 15 is 0 Å². The van der Waals surface area contributed by atoms with E-state index in [9.17, 15) is 15.0 Å². The summed E-state index contributed by atoms with van der Waals surface area (Å²) in [6.07, 6.45) is 3.34. The summed E-state index contributed by atoms with van der Waals surface area (Å²) in [7, 11) is 0. The van der Waals surface area contributed by atoms with Gasteiger partial charge in [0.15, 0.2) is 23.2 Å². The largest absolute Gasteiger partial charge is 0.478 e. The molecule has 0 aliphatic carbocycles. The van der Waals surface area contributed by atoms with Crippen LogP contribution in [0, 0.1) is 0 Å². The van der Waals surface area contributed by atoms with Crippen LogP contribution in [0.4, 0.5) is 5.82 Å². The Bertz CT molecular complexity index is 1110. The van der Waals surface area contributed by atoms with E-state index in [4.69, 9.17) is 9.47 Å². The SMILES string of the molecule is O=Cc1ccc(OCN2CCC(Nc3ncnc4c3ncn4[C@@H]3O[C@H](CO)C[C@H]3O)C2)cc1. The molecule has 1 unspecified atom stereocenters. The molecule has 4 heterocycles. The molecule has 0 spiro atoms. The Morgan fingerprint density at radius 1 is 1.24 bits per heavy atom. The minimum atomic E-state index is -0.746. The second kappa shape index (κ2) is 9.40. The van der Waals surface area contributed by atoms with E-state index in [0.29, 0.717) is 35.7 Å². The molecule has 11 heteroatoms. The number of ether oxygens (including phenoxy) is 2. The summed E-state index contributed by atoms with van der Waals surface area (Å²) >= 11 is 0. The van der Waals surface area contributed by atoms with Gasteiger partial charge in [-0.25, -0.2) is 15.0 Å². The van der Waals surface area contributed by atoms with Gasteiger partial charge in [0.05, 0.1) is 19.0 Å². The topological polar surface area (TPSA) is 135 Å². The number of hydrogen-bond acceptors (Lipinski definition) is 10. The average Bonchev–Trinajstić information content (AvgIpc) is 3.56. The Kier molecular flexibility index (Phi) is 6.18. The van der Waals surface area contributed by atoms with Gasteiger partial charge in [-0.05, 0) is 30.7 Å². The Morgan fingerprint density at radius 3 is 2.85 bits per heavy atom. The van der Waals surface area contributed by atoms with Gasteiger partial charge in [-0.1, -0.05) is 0 Å². The van der Waals surface area contributed by atoms with Crippen LogP contribution in [-0.2, 0) is 4.74 Å². The summed E-state index contributed by atoms with van der Waals surface area (Å²) in [5, 5.41) is 23.1. The number of aliphatic hydroxyl groups is 2. The van der Waals surface area contributed by atoms with E-state index in [-0.39, 0.29) is 12.6 Å². The molecular formula is C22H26N6O5. The van der Waals surface area contributed by atoms with Gasteiger partial charge in [-0.15, -0.1) is 0 Å². The van der Waals surface area contributed by atoms with Crippen LogP contribution >= 0.6 is 0 Å². The summed E-state index contributed by atoms with van der Waals surface area (Å²) in [6.45, 7) is 1.96. The third-order valence-corrected chi connectivity index (χ3v) is 6.05. The van der Waals surface area contributed by atoms with Crippen molar-refractivity contribution in [3.63, 3.8) is 0 Å². The number of anilines is 1. The smallest absolute Gasteiger partial charge is 0.167 e. The van der Waals surface area contributed by atoms with E-state index in [1.807, 2.05) is 0 Å². The standard InChI is InChI=1S/C22H26N6O5/c29-9-14-1-3-16(4-2-14)32-13-27-6-5-15(8-27)26-20-19-21(24-11-23-20)28(12-25-19)22-18(31)7-17(10-30)33-22/h1-4,9,11-12,15,17-18,22,30-31H,5-8,10,13H2,(H,23,24,26)/t15?,17-,18+,22+/m0/s1. The number of fused-ring (bicyclic) bond motifs is 1. The third-order valence-electron chi connectivity index (χ3n) is 6.05. The normalized spacial score (nSPS) is 25.5. The van der Waals surface area contributed by atoms with E-state index < -0.39 is 18.4 Å². The van der Waals surface area contributed by atoms with E-state index in [1.165, 1.54) is 6.33 Å². The number of nitrogens with zero attached hydrogens (tertiary/aromatic N) is 5. The Labute approximate surface area is 190 Å². The van der Waals surface area contributed by atoms with E-state index in [2.05, 4.69) is 25.2 Å². The number of aromatic nitrogens is 4. The highest BCUT2D eigenvalue weighted by atomic mass is 16.5. The average molecular weight is 454 g/mol. The van der Waals surface area contributed by atoms with Crippen molar-refractivity contribution in [1.82, 2.24) is 24.4 Å². The zero-order valence-electron chi connectivity index (χ0n) is 17.9. The molecule has 0 radical (unpaired) electrons. The predicted molar refractivity (Wildman–Crippen MR) is 118 cm³/mol. The van der Waals surface area contributed by atoms with Crippen molar-refractivity contribution in [2.24, 2.45) is 0 Å². The fourth-order valence-corrected chi connectivity index (χ4v) is 4.31. The third kappa shape index (κ3) is 4.53. The van der Waals surface area contributed by atoms with Crippen LogP contribution < -0.4 is 10.1 Å². The summed E-state index contributed by atoms with van der Waals surface area (Å²) in [5.41, 5.74) is 1.78.